The highest BCUT2D eigenvalue weighted by Gasteiger charge is 2.03. The number of halogens is 2. The molecule has 0 amide bonds. The van der Waals surface area contributed by atoms with Crippen molar-refractivity contribution >= 4 is 35.0 Å². The van der Waals surface area contributed by atoms with Crippen LogP contribution in [0.5, 0.6) is 0 Å². The molecule has 1 heterocycles. The van der Waals surface area contributed by atoms with Crippen molar-refractivity contribution in [2.24, 2.45) is 0 Å². The molecule has 0 fully saturated rings. The molecule has 5 heteroatoms. The minimum Gasteiger partial charge on any atom is -0.225 e. The number of hydrogen-bond donors (Lipinski definition) is 0. The molecule has 2 nitrogen and oxygen atoms in total. The van der Waals surface area contributed by atoms with E-state index < -0.39 is 0 Å². The largest absolute Gasteiger partial charge is 0.225 e. The standard InChI is InChI=1S/C7H8Cl2N2S/c1-2-3-12-6-5(8)4-10-7(9)11-6/h4H,2-3H2,1H3. The van der Waals surface area contributed by atoms with Gasteiger partial charge in [-0.25, -0.2) is 9.97 Å². The van der Waals surface area contributed by atoms with Crippen molar-refractivity contribution in [1.82, 2.24) is 9.97 Å². The Morgan fingerprint density at radius 1 is 1.50 bits per heavy atom. The lowest BCUT2D eigenvalue weighted by atomic mass is 10.6. The Bertz CT molecular complexity index is 268. The molecule has 0 radical (unpaired) electrons. The molecule has 1 aromatic heterocycles. The van der Waals surface area contributed by atoms with E-state index in [1.807, 2.05) is 0 Å². The molecule has 1 aromatic rings. The highest BCUT2D eigenvalue weighted by atomic mass is 35.5. The Morgan fingerprint density at radius 3 is 2.92 bits per heavy atom. The molecule has 0 aliphatic rings. The van der Waals surface area contributed by atoms with Crippen LogP contribution in [0.2, 0.25) is 10.3 Å². The Kier molecular flexibility index (Phi) is 4.12. The Balaban J connectivity index is 2.75. The highest BCUT2D eigenvalue weighted by molar-refractivity contribution is 7.99. The minimum absolute atomic E-state index is 0.248. The molecule has 0 saturated heterocycles. The Hall–Kier alpha value is 0.01000. The third kappa shape index (κ3) is 2.81. The SMILES string of the molecule is CCCSc1nc(Cl)ncc1Cl. The first-order valence-electron chi connectivity index (χ1n) is 3.55. The second-order valence-electron chi connectivity index (χ2n) is 2.14. The third-order valence-corrected chi connectivity index (χ3v) is 2.89. The molecule has 0 aliphatic heterocycles. The van der Waals surface area contributed by atoms with Gasteiger partial charge in [-0.2, -0.15) is 0 Å². The fourth-order valence-corrected chi connectivity index (χ4v) is 1.81. The molecule has 0 unspecified atom stereocenters. The lowest BCUT2D eigenvalue weighted by molar-refractivity contribution is 1.04. The number of nitrogens with zero attached hydrogens (tertiary/aromatic N) is 2. The van der Waals surface area contributed by atoms with Crippen LogP contribution in [0.15, 0.2) is 11.2 Å². The van der Waals surface area contributed by atoms with Crippen LogP contribution in [0.1, 0.15) is 13.3 Å². The summed E-state index contributed by atoms with van der Waals surface area (Å²) in [5.41, 5.74) is 0. The third-order valence-electron chi connectivity index (χ3n) is 1.13. The van der Waals surface area contributed by atoms with Gasteiger partial charge in [-0.3, -0.25) is 0 Å². The van der Waals surface area contributed by atoms with E-state index in [9.17, 15) is 0 Å². The monoisotopic (exact) mass is 222 g/mol. The fourth-order valence-electron chi connectivity index (χ4n) is 0.631. The van der Waals surface area contributed by atoms with Crippen molar-refractivity contribution in [3.8, 4) is 0 Å². The van der Waals surface area contributed by atoms with Crippen LogP contribution < -0.4 is 0 Å². The van der Waals surface area contributed by atoms with Gasteiger partial charge in [0.25, 0.3) is 0 Å². The van der Waals surface area contributed by atoms with Gasteiger partial charge in [0.05, 0.1) is 11.2 Å². The molecule has 0 bridgehead atoms. The van der Waals surface area contributed by atoms with Gasteiger partial charge < -0.3 is 0 Å². The van der Waals surface area contributed by atoms with Gasteiger partial charge in [-0.05, 0) is 23.8 Å². The van der Waals surface area contributed by atoms with E-state index >= 15 is 0 Å². The van der Waals surface area contributed by atoms with Gasteiger partial charge in [0.1, 0.15) is 5.03 Å². The van der Waals surface area contributed by atoms with Crippen molar-refractivity contribution in [3.63, 3.8) is 0 Å². The molecule has 0 aromatic carbocycles. The predicted octanol–water partition coefficient (Wildman–Crippen LogP) is 3.29. The van der Waals surface area contributed by atoms with Crippen molar-refractivity contribution in [2.75, 3.05) is 5.75 Å². The van der Waals surface area contributed by atoms with Gasteiger partial charge in [0, 0.05) is 0 Å². The van der Waals surface area contributed by atoms with E-state index in [1.54, 1.807) is 11.8 Å². The number of aromatic nitrogens is 2. The van der Waals surface area contributed by atoms with Crippen LogP contribution in [0, 0.1) is 0 Å². The molecule has 0 spiro atoms. The molecule has 0 N–H and O–H groups in total. The van der Waals surface area contributed by atoms with Gasteiger partial charge in [-0.1, -0.05) is 18.5 Å². The van der Waals surface area contributed by atoms with E-state index in [2.05, 4.69) is 16.9 Å². The molecule has 0 aliphatic carbocycles. The average molecular weight is 223 g/mol. The van der Waals surface area contributed by atoms with Crippen molar-refractivity contribution in [3.05, 3.63) is 16.5 Å². The first-order chi connectivity index (χ1) is 5.74. The maximum absolute atomic E-state index is 5.83. The van der Waals surface area contributed by atoms with Crippen LogP contribution in [-0.4, -0.2) is 15.7 Å². The molecule has 12 heavy (non-hydrogen) atoms. The van der Waals surface area contributed by atoms with Crippen LogP contribution in [0.3, 0.4) is 0 Å². The van der Waals surface area contributed by atoms with Crippen LogP contribution in [0.4, 0.5) is 0 Å². The second kappa shape index (κ2) is 4.90. The van der Waals surface area contributed by atoms with Gasteiger partial charge >= 0.3 is 0 Å². The zero-order chi connectivity index (χ0) is 8.97. The van der Waals surface area contributed by atoms with Gasteiger partial charge in [0.15, 0.2) is 0 Å². The predicted molar refractivity (Wildman–Crippen MR) is 53.1 cm³/mol. The molecular weight excluding hydrogens is 215 g/mol. The first-order valence-corrected chi connectivity index (χ1v) is 5.29. The quantitative estimate of drug-likeness (QED) is 0.446. The molecule has 0 saturated carbocycles. The summed E-state index contributed by atoms with van der Waals surface area (Å²) in [5, 5.41) is 1.58. The smallest absolute Gasteiger partial charge is 0.223 e. The zero-order valence-corrected chi connectivity index (χ0v) is 8.88. The lowest BCUT2D eigenvalue weighted by Gasteiger charge is -2.00. The molecule has 66 valence electrons. The lowest BCUT2D eigenvalue weighted by Crippen LogP contribution is -1.87. The summed E-state index contributed by atoms with van der Waals surface area (Å²) in [6.45, 7) is 2.10. The summed E-state index contributed by atoms with van der Waals surface area (Å²) in [6.07, 6.45) is 2.61. The van der Waals surface area contributed by atoms with E-state index in [0.29, 0.717) is 5.02 Å². The fraction of sp³-hybridized carbons (Fsp3) is 0.429. The Morgan fingerprint density at radius 2 is 2.25 bits per heavy atom. The van der Waals surface area contributed by atoms with E-state index in [4.69, 9.17) is 23.2 Å². The first kappa shape index (κ1) is 10.1. The van der Waals surface area contributed by atoms with Crippen molar-refractivity contribution in [2.45, 2.75) is 18.4 Å². The van der Waals surface area contributed by atoms with Gasteiger partial charge in [0.2, 0.25) is 5.28 Å². The summed E-state index contributed by atoms with van der Waals surface area (Å²) < 4.78 is 0. The maximum atomic E-state index is 5.83. The molecule has 1 rings (SSSR count). The van der Waals surface area contributed by atoms with E-state index in [0.717, 1.165) is 17.2 Å². The Labute approximate surface area is 85.7 Å². The van der Waals surface area contributed by atoms with E-state index in [1.165, 1.54) is 6.20 Å². The zero-order valence-electron chi connectivity index (χ0n) is 6.55. The summed E-state index contributed by atoms with van der Waals surface area (Å²) >= 11 is 13.0. The van der Waals surface area contributed by atoms with Gasteiger partial charge in [-0.15, -0.1) is 11.8 Å². The molecular formula is C7H8Cl2N2S. The number of thioether (sulfide) groups is 1. The summed E-state index contributed by atoms with van der Waals surface area (Å²) in [7, 11) is 0. The number of rotatable bonds is 3. The minimum atomic E-state index is 0.248. The van der Waals surface area contributed by atoms with Crippen molar-refractivity contribution < 1.29 is 0 Å². The van der Waals surface area contributed by atoms with Crippen molar-refractivity contribution in [1.29, 1.82) is 0 Å². The van der Waals surface area contributed by atoms with Crippen LogP contribution in [-0.2, 0) is 0 Å². The summed E-state index contributed by atoms with van der Waals surface area (Å²) in [4.78, 5) is 7.75. The topological polar surface area (TPSA) is 25.8 Å². The summed E-state index contributed by atoms with van der Waals surface area (Å²) in [5.74, 6) is 0.993. The van der Waals surface area contributed by atoms with Crippen LogP contribution in [0.25, 0.3) is 0 Å². The molecule has 0 atom stereocenters. The van der Waals surface area contributed by atoms with E-state index in [-0.39, 0.29) is 5.28 Å². The normalized spacial score (nSPS) is 10.2. The number of hydrogen-bond acceptors (Lipinski definition) is 3. The second-order valence-corrected chi connectivity index (χ2v) is 3.97. The maximum Gasteiger partial charge on any atom is 0.223 e. The average Bonchev–Trinajstić information content (AvgIpc) is 2.07. The van der Waals surface area contributed by atoms with Crippen LogP contribution >= 0.6 is 35.0 Å². The summed E-state index contributed by atoms with van der Waals surface area (Å²) in [6, 6.07) is 0. The highest BCUT2D eigenvalue weighted by Crippen LogP contribution is 2.25.